The molecule has 0 fully saturated rings. The van der Waals surface area contributed by atoms with E-state index in [1.165, 1.54) is 6.07 Å². The second-order valence-corrected chi connectivity index (χ2v) is 4.06. The van der Waals surface area contributed by atoms with E-state index in [4.69, 9.17) is 0 Å². The summed E-state index contributed by atoms with van der Waals surface area (Å²) in [6, 6.07) is 10.4. The molecule has 1 aromatic heterocycles. The highest BCUT2D eigenvalue weighted by molar-refractivity contribution is 5.92. The summed E-state index contributed by atoms with van der Waals surface area (Å²) >= 11 is 0. The Morgan fingerprint density at radius 1 is 1.26 bits per heavy atom. The average molecular weight is 265 g/mol. The molecule has 1 N–H and O–H groups in total. The van der Waals surface area contributed by atoms with E-state index in [2.05, 4.69) is 10.4 Å². The summed E-state index contributed by atoms with van der Waals surface area (Å²) in [5, 5.41) is 6.22. The zero-order valence-electron chi connectivity index (χ0n) is 10.3. The Morgan fingerprint density at radius 2 is 1.95 bits per heavy atom. The maximum Gasteiger partial charge on any atom is 0.333 e. The molecule has 1 heterocycles. The summed E-state index contributed by atoms with van der Waals surface area (Å²) in [6.45, 7) is -0.926. The second-order valence-electron chi connectivity index (χ2n) is 4.06. The summed E-state index contributed by atoms with van der Waals surface area (Å²) < 4.78 is 25.1. The van der Waals surface area contributed by atoms with E-state index in [0.29, 0.717) is 4.68 Å². The van der Waals surface area contributed by atoms with Crippen LogP contribution in [0.5, 0.6) is 0 Å². The van der Waals surface area contributed by atoms with Gasteiger partial charge in [-0.25, -0.2) is 4.68 Å². The van der Waals surface area contributed by atoms with Crippen LogP contribution in [0, 0.1) is 0 Å². The maximum atomic E-state index is 12.3. The minimum absolute atomic E-state index is 0.0249. The van der Waals surface area contributed by atoms with Crippen LogP contribution in [0.4, 0.5) is 8.78 Å². The molecule has 4 nitrogen and oxygen atoms in total. The molecule has 1 aromatic carbocycles. The van der Waals surface area contributed by atoms with Crippen molar-refractivity contribution in [3.8, 4) is 0 Å². The number of aromatic nitrogens is 2. The minimum Gasteiger partial charge on any atom is -0.344 e. The van der Waals surface area contributed by atoms with Crippen LogP contribution >= 0.6 is 0 Å². The van der Waals surface area contributed by atoms with E-state index in [-0.39, 0.29) is 11.7 Å². The normalized spacial score (nSPS) is 12.4. The minimum atomic E-state index is -2.74. The molecule has 1 amide bonds. The lowest BCUT2D eigenvalue weighted by Gasteiger charge is -2.13. The van der Waals surface area contributed by atoms with Crippen LogP contribution in [0.2, 0.25) is 0 Å². The van der Waals surface area contributed by atoms with Gasteiger partial charge in [-0.1, -0.05) is 30.3 Å². The molecule has 1 atom stereocenters. The van der Waals surface area contributed by atoms with Gasteiger partial charge >= 0.3 is 6.55 Å². The fraction of sp³-hybridized carbons (Fsp3) is 0.231. The van der Waals surface area contributed by atoms with E-state index in [1.807, 2.05) is 37.3 Å². The molecule has 6 heteroatoms. The predicted octanol–water partition coefficient (Wildman–Crippen LogP) is 2.77. The van der Waals surface area contributed by atoms with Crippen LogP contribution in [0.15, 0.2) is 42.6 Å². The molecule has 0 radical (unpaired) electrons. The number of nitrogens with zero attached hydrogens (tertiary/aromatic N) is 2. The van der Waals surface area contributed by atoms with Gasteiger partial charge in [-0.3, -0.25) is 4.79 Å². The fourth-order valence-electron chi connectivity index (χ4n) is 1.66. The quantitative estimate of drug-likeness (QED) is 0.924. The Labute approximate surface area is 109 Å². The largest absolute Gasteiger partial charge is 0.344 e. The molecule has 0 aliphatic heterocycles. The third-order valence-electron chi connectivity index (χ3n) is 2.69. The molecular formula is C13H13F2N3O. The maximum absolute atomic E-state index is 12.3. The average Bonchev–Trinajstić information content (AvgIpc) is 2.89. The Morgan fingerprint density at radius 3 is 2.53 bits per heavy atom. The summed E-state index contributed by atoms with van der Waals surface area (Å²) in [5.74, 6) is -0.476. The molecule has 2 aromatic rings. The van der Waals surface area contributed by atoms with Gasteiger partial charge in [0.1, 0.15) is 5.69 Å². The van der Waals surface area contributed by atoms with Crippen LogP contribution in [0.25, 0.3) is 0 Å². The van der Waals surface area contributed by atoms with E-state index in [0.717, 1.165) is 11.8 Å². The third-order valence-corrected chi connectivity index (χ3v) is 2.69. The van der Waals surface area contributed by atoms with Crippen LogP contribution in [-0.4, -0.2) is 15.7 Å². The molecule has 0 saturated heterocycles. The Hall–Kier alpha value is -2.24. The summed E-state index contributed by atoms with van der Waals surface area (Å²) in [7, 11) is 0. The number of alkyl halides is 2. The number of rotatable bonds is 4. The van der Waals surface area contributed by atoms with Crippen molar-refractivity contribution in [1.29, 1.82) is 0 Å². The molecule has 19 heavy (non-hydrogen) atoms. The van der Waals surface area contributed by atoms with Crippen molar-refractivity contribution in [3.05, 3.63) is 53.9 Å². The Balaban J connectivity index is 2.04. The highest BCUT2D eigenvalue weighted by Crippen LogP contribution is 2.13. The number of nitrogens with one attached hydrogen (secondary N) is 1. The van der Waals surface area contributed by atoms with Crippen molar-refractivity contribution in [1.82, 2.24) is 15.1 Å². The van der Waals surface area contributed by atoms with E-state index < -0.39 is 12.5 Å². The van der Waals surface area contributed by atoms with Gasteiger partial charge in [0.15, 0.2) is 0 Å². The molecule has 0 spiro atoms. The first-order valence-electron chi connectivity index (χ1n) is 5.77. The zero-order chi connectivity index (χ0) is 13.8. The van der Waals surface area contributed by atoms with Crippen molar-refractivity contribution < 1.29 is 13.6 Å². The van der Waals surface area contributed by atoms with Gasteiger partial charge in [-0.15, -0.1) is 0 Å². The molecule has 2 rings (SSSR count). The van der Waals surface area contributed by atoms with Crippen molar-refractivity contribution >= 4 is 5.91 Å². The molecule has 0 bridgehead atoms. The van der Waals surface area contributed by atoms with E-state index in [1.54, 1.807) is 0 Å². The van der Waals surface area contributed by atoms with Gasteiger partial charge in [0.2, 0.25) is 0 Å². The number of carbonyl (C=O) groups excluding carboxylic acids is 1. The third kappa shape index (κ3) is 3.15. The van der Waals surface area contributed by atoms with Gasteiger partial charge in [-0.05, 0) is 18.6 Å². The van der Waals surface area contributed by atoms with Gasteiger partial charge in [0.05, 0.1) is 6.04 Å². The topological polar surface area (TPSA) is 46.9 Å². The van der Waals surface area contributed by atoms with Crippen molar-refractivity contribution in [2.24, 2.45) is 0 Å². The molecule has 1 unspecified atom stereocenters. The summed E-state index contributed by atoms with van der Waals surface area (Å²) in [4.78, 5) is 11.8. The SMILES string of the molecule is CC(NC(=O)c1ccn(C(F)F)n1)c1ccccc1. The number of hydrogen-bond acceptors (Lipinski definition) is 2. The van der Waals surface area contributed by atoms with Crippen LogP contribution in [-0.2, 0) is 0 Å². The van der Waals surface area contributed by atoms with E-state index in [9.17, 15) is 13.6 Å². The van der Waals surface area contributed by atoms with Crippen molar-refractivity contribution in [2.75, 3.05) is 0 Å². The Bertz CT molecular complexity index is 554. The summed E-state index contributed by atoms with van der Waals surface area (Å²) in [6.07, 6.45) is 1.08. The molecule has 0 aliphatic rings. The molecule has 0 aliphatic carbocycles. The first-order valence-corrected chi connectivity index (χ1v) is 5.77. The van der Waals surface area contributed by atoms with Gasteiger partial charge in [0.25, 0.3) is 5.91 Å². The molecule has 100 valence electrons. The molecule has 0 saturated carbocycles. The van der Waals surface area contributed by atoms with Crippen molar-refractivity contribution in [2.45, 2.75) is 19.5 Å². The Kier molecular flexibility index (Phi) is 3.89. The van der Waals surface area contributed by atoms with Crippen molar-refractivity contribution in [3.63, 3.8) is 0 Å². The number of hydrogen-bond donors (Lipinski definition) is 1. The first kappa shape index (κ1) is 13.2. The number of halogens is 2. The lowest BCUT2D eigenvalue weighted by atomic mass is 10.1. The second kappa shape index (κ2) is 5.60. The van der Waals surface area contributed by atoms with Gasteiger partial charge in [0, 0.05) is 6.20 Å². The monoisotopic (exact) mass is 265 g/mol. The van der Waals surface area contributed by atoms with Gasteiger partial charge in [-0.2, -0.15) is 13.9 Å². The lowest BCUT2D eigenvalue weighted by molar-refractivity contribution is 0.0559. The van der Waals surface area contributed by atoms with Crippen LogP contribution < -0.4 is 5.32 Å². The lowest BCUT2D eigenvalue weighted by Crippen LogP contribution is -2.27. The smallest absolute Gasteiger partial charge is 0.333 e. The highest BCUT2D eigenvalue weighted by Gasteiger charge is 2.15. The fourth-order valence-corrected chi connectivity index (χ4v) is 1.66. The zero-order valence-corrected chi connectivity index (χ0v) is 10.3. The molecular weight excluding hydrogens is 252 g/mol. The number of benzene rings is 1. The first-order chi connectivity index (χ1) is 9.08. The van der Waals surface area contributed by atoms with Gasteiger partial charge < -0.3 is 5.32 Å². The predicted molar refractivity (Wildman–Crippen MR) is 65.8 cm³/mol. The highest BCUT2D eigenvalue weighted by atomic mass is 19.3. The summed E-state index contributed by atoms with van der Waals surface area (Å²) in [5.41, 5.74) is 0.909. The van der Waals surface area contributed by atoms with E-state index >= 15 is 0 Å². The van der Waals surface area contributed by atoms with Crippen LogP contribution in [0.3, 0.4) is 0 Å². The standard InChI is InChI=1S/C13H13F2N3O/c1-9(10-5-3-2-4-6-10)16-12(19)11-7-8-18(17-11)13(14)15/h2-9,13H,1H3,(H,16,19). The number of amides is 1. The van der Waals surface area contributed by atoms with Crippen LogP contribution in [0.1, 0.15) is 35.6 Å². The number of carbonyl (C=O) groups is 1.